The second kappa shape index (κ2) is 9.00. The number of H-pyrrole nitrogens is 1. The topological polar surface area (TPSA) is 58.2 Å². The number of nitrogens with one attached hydrogen (secondary N) is 1. The van der Waals surface area contributed by atoms with Crippen LogP contribution in [0.15, 0.2) is 66.0 Å². The number of hydrogen-bond acceptors (Lipinski definition) is 4. The van der Waals surface area contributed by atoms with E-state index in [1.807, 2.05) is 24.3 Å². The van der Waals surface area contributed by atoms with Crippen molar-refractivity contribution in [2.24, 2.45) is 0 Å². The maximum atomic E-state index is 12.8. The molecule has 166 valence electrons. The molecule has 0 bridgehead atoms. The zero-order valence-corrected chi connectivity index (χ0v) is 17.3. The van der Waals surface area contributed by atoms with E-state index in [4.69, 9.17) is 4.74 Å². The molecule has 1 aliphatic heterocycles. The van der Waals surface area contributed by atoms with Gasteiger partial charge in [-0.25, -0.2) is 4.98 Å². The van der Waals surface area contributed by atoms with Crippen LogP contribution in [0.1, 0.15) is 22.4 Å². The van der Waals surface area contributed by atoms with Crippen LogP contribution in [0.5, 0.6) is 5.75 Å². The first kappa shape index (κ1) is 21.8. The Kier molecular flexibility index (Phi) is 6.14. The van der Waals surface area contributed by atoms with Gasteiger partial charge >= 0.3 is 6.18 Å². The van der Waals surface area contributed by atoms with Gasteiger partial charge in [0.2, 0.25) is 0 Å². The van der Waals surface area contributed by atoms with Gasteiger partial charge in [0, 0.05) is 31.6 Å². The summed E-state index contributed by atoms with van der Waals surface area (Å²) in [5, 5.41) is 0. The maximum Gasteiger partial charge on any atom is 0.416 e. The Balaban J connectivity index is 1.47. The molecule has 8 heteroatoms. The van der Waals surface area contributed by atoms with Gasteiger partial charge in [0.15, 0.2) is 0 Å². The molecule has 5 nitrogen and oxygen atoms in total. The van der Waals surface area contributed by atoms with Crippen LogP contribution in [-0.2, 0) is 25.7 Å². The highest BCUT2D eigenvalue weighted by Crippen LogP contribution is 2.30. The van der Waals surface area contributed by atoms with E-state index in [2.05, 4.69) is 21.4 Å². The summed E-state index contributed by atoms with van der Waals surface area (Å²) in [5.41, 5.74) is 1.83. The van der Waals surface area contributed by atoms with E-state index in [1.165, 1.54) is 12.1 Å². The second-order valence-corrected chi connectivity index (χ2v) is 7.62. The smallest absolute Gasteiger partial charge is 0.416 e. The van der Waals surface area contributed by atoms with Gasteiger partial charge in [-0.2, -0.15) is 13.2 Å². The molecule has 1 aromatic heterocycles. The highest BCUT2D eigenvalue weighted by molar-refractivity contribution is 5.56. The molecule has 0 saturated carbocycles. The van der Waals surface area contributed by atoms with Crippen molar-refractivity contribution in [3.8, 4) is 17.1 Å². The molecule has 0 fully saturated rings. The largest absolute Gasteiger partial charge is 0.490 e. The lowest BCUT2D eigenvalue weighted by Crippen LogP contribution is -2.35. The van der Waals surface area contributed by atoms with Gasteiger partial charge in [-0.05, 0) is 29.8 Å². The van der Waals surface area contributed by atoms with Crippen molar-refractivity contribution in [2.75, 3.05) is 13.2 Å². The first-order valence-corrected chi connectivity index (χ1v) is 10.2. The average molecular weight is 441 g/mol. The predicted molar refractivity (Wildman–Crippen MR) is 115 cm³/mol. The number of rotatable bonds is 6. The lowest BCUT2D eigenvalue weighted by molar-refractivity contribution is -0.137. The van der Waals surface area contributed by atoms with E-state index in [0.717, 1.165) is 30.0 Å². The van der Waals surface area contributed by atoms with E-state index in [0.29, 0.717) is 42.9 Å². The van der Waals surface area contributed by atoms with Crippen molar-refractivity contribution < 1.29 is 17.9 Å². The van der Waals surface area contributed by atoms with Crippen LogP contribution in [0.3, 0.4) is 0 Å². The molecule has 1 aliphatic rings. The van der Waals surface area contributed by atoms with Crippen molar-refractivity contribution in [3.05, 3.63) is 93.9 Å². The highest BCUT2D eigenvalue weighted by atomic mass is 19.4. The molecule has 3 aromatic rings. The molecule has 2 heterocycles. The summed E-state index contributed by atoms with van der Waals surface area (Å²) in [4.78, 5) is 22.1. The van der Waals surface area contributed by atoms with Gasteiger partial charge in [-0.3, -0.25) is 9.69 Å². The summed E-state index contributed by atoms with van der Waals surface area (Å²) in [7, 11) is 0. The summed E-state index contributed by atoms with van der Waals surface area (Å²) in [5.74, 6) is 1.06. The molecule has 0 spiro atoms. The summed E-state index contributed by atoms with van der Waals surface area (Å²) in [6.45, 7) is 5.94. The molecule has 32 heavy (non-hydrogen) atoms. The normalized spacial score (nSPS) is 14.1. The molecule has 0 radical (unpaired) electrons. The minimum absolute atomic E-state index is 0.261. The SMILES string of the molecule is C=CCOc1ccc(CN2CCc3nc(-c4ccc(C(F)(F)F)cc4)[nH]c(=O)c3C2)cc1. The fraction of sp³-hybridized carbons (Fsp3) is 0.250. The van der Waals surface area contributed by atoms with Crippen LogP contribution in [0.4, 0.5) is 13.2 Å². The number of ether oxygens (including phenoxy) is 1. The van der Waals surface area contributed by atoms with Gasteiger partial charge in [-0.15, -0.1) is 0 Å². The number of nitrogens with zero attached hydrogens (tertiary/aromatic N) is 2. The number of halogens is 3. The van der Waals surface area contributed by atoms with E-state index < -0.39 is 11.7 Å². The quantitative estimate of drug-likeness (QED) is 0.569. The standard InChI is InChI=1S/C24H22F3N3O2/c1-2-13-32-19-9-3-16(4-10-19)14-30-12-11-21-20(15-30)23(31)29-22(28-21)17-5-7-18(8-6-17)24(25,26)27/h2-10H,1,11-15H2,(H,28,29,31). The molecule has 1 N–H and O–H groups in total. The van der Waals surface area contributed by atoms with Crippen LogP contribution in [0.2, 0.25) is 0 Å². The average Bonchev–Trinajstić information content (AvgIpc) is 2.78. The molecule has 0 unspecified atom stereocenters. The van der Waals surface area contributed by atoms with Gasteiger partial charge < -0.3 is 9.72 Å². The van der Waals surface area contributed by atoms with E-state index in [-0.39, 0.29) is 11.4 Å². The number of aromatic nitrogens is 2. The molecular weight excluding hydrogens is 419 g/mol. The minimum Gasteiger partial charge on any atom is -0.490 e. The van der Waals surface area contributed by atoms with Crippen LogP contribution in [0.25, 0.3) is 11.4 Å². The number of alkyl halides is 3. The van der Waals surface area contributed by atoms with Crippen molar-refractivity contribution in [3.63, 3.8) is 0 Å². The first-order chi connectivity index (χ1) is 15.3. The van der Waals surface area contributed by atoms with Crippen molar-refractivity contribution in [1.29, 1.82) is 0 Å². The number of benzene rings is 2. The molecule has 2 aromatic carbocycles. The number of hydrogen-bond donors (Lipinski definition) is 1. The van der Waals surface area contributed by atoms with Crippen molar-refractivity contribution in [1.82, 2.24) is 14.9 Å². The highest BCUT2D eigenvalue weighted by Gasteiger charge is 2.30. The fourth-order valence-corrected chi connectivity index (χ4v) is 3.67. The van der Waals surface area contributed by atoms with Gasteiger partial charge in [0.1, 0.15) is 18.2 Å². The maximum absolute atomic E-state index is 12.8. The Bertz CT molecular complexity index is 1150. The van der Waals surface area contributed by atoms with Crippen LogP contribution in [0, 0.1) is 0 Å². The summed E-state index contributed by atoms with van der Waals surface area (Å²) in [6, 6.07) is 12.4. The Labute approximate surface area is 183 Å². The predicted octanol–water partition coefficient (Wildman–Crippen LogP) is 4.58. The zero-order valence-electron chi connectivity index (χ0n) is 17.3. The summed E-state index contributed by atoms with van der Waals surface area (Å²) < 4.78 is 43.8. The molecule has 0 saturated heterocycles. The summed E-state index contributed by atoms with van der Waals surface area (Å²) in [6.07, 6.45) is -2.13. The first-order valence-electron chi connectivity index (χ1n) is 10.2. The third-order valence-electron chi connectivity index (χ3n) is 5.33. The van der Waals surface area contributed by atoms with Gasteiger partial charge in [-0.1, -0.05) is 36.9 Å². The molecular formula is C24H22F3N3O2. The van der Waals surface area contributed by atoms with Crippen molar-refractivity contribution >= 4 is 0 Å². The Hall–Kier alpha value is -3.39. The third kappa shape index (κ3) is 4.91. The van der Waals surface area contributed by atoms with Gasteiger partial charge in [0.05, 0.1) is 16.8 Å². The Morgan fingerprint density at radius 1 is 1.12 bits per heavy atom. The molecule has 0 amide bonds. The van der Waals surface area contributed by atoms with Crippen molar-refractivity contribution in [2.45, 2.75) is 25.7 Å². The van der Waals surface area contributed by atoms with Crippen LogP contribution >= 0.6 is 0 Å². The summed E-state index contributed by atoms with van der Waals surface area (Å²) >= 11 is 0. The lowest BCUT2D eigenvalue weighted by atomic mass is 10.0. The third-order valence-corrected chi connectivity index (χ3v) is 5.33. The Morgan fingerprint density at radius 3 is 2.50 bits per heavy atom. The monoisotopic (exact) mass is 441 g/mol. The Morgan fingerprint density at radius 2 is 1.84 bits per heavy atom. The number of fused-ring (bicyclic) bond motifs is 1. The molecule has 0 atom stereocenters. The lowest BCUT2D eigenvalue weighted by Gasteiger charge is -2.27. The zero-order chi connectivity index (χ0) is 22.7. The van der Waals surface area contributed by atoms with E-state index >= 15 is 0 Å². The molecule has 4 rings (SSSR count). The minimum atomic E-state index is -4.41. The number of aromatic amines is 1. The second-order valence-electron chi connectivity index (χ2n) is 7.62. The van der Waals surface area contributed by atoms with Crippen LogP contribution in [-0.4, -0.2) is 28.0 Å². The van der Waals surface area contributed by atoms with E-state index in [1.54, 1.807) is 6.08 Å². The van der Waals surface area contributed by atoms with E-state index in [9.17, 15) is 18.0 Å². The van der Waals surface area contributed by atoms with Crippen LogP contribution < -0.4 is 10.3 Å². The molecule has 0 aliphatic carbocycles. The van der Waals surface area contributed by atoms with Gasteiger partial charge in [0.25, 0.3) is 5.56 Å². The fourth-order valence-electron chi connectivity index (χ4n) is 3.67.